The zero-order valence-corrected chi connectivity index (χ0v) is 12.8. The predicted molar refractivity (Wildman–Crippen MR) is 86.9 cm³/mol. The average molecular weight is 313 g/mol. The number of H-pyrrole nitrogens is 1. The first-order valence-electron chi connectivity index (χ1n) is 6.72. The van der Waals surface area contributed by atoms with Crippen LogP contribution in [0.5, 0.6) is 5.75 Å². The van der Waals surface area contributed by atoms with Gasteiger partial charge in [0.15, 0.2) is 5.16 Å². The lowest BCUT2D eigenvalue weighted by atomic mass is 10.1. The van der Waals surface area contributed by atoms with E-state index in [-0.39, 0.29) is 0 Å². The number of fused-ring (bicyclic) bond motifs is 1. The van der Waals surface area contributed by atoms with Crippen molar-refractivity contribution in [2.75, 3.05) is 7.11 Å². The smallest absolute Gasteiger partial charge is 0.235 e. The Kier molecular flexibility index (Phi) is 4.02. The van der Waals surface area contributed by atoms with E-state index in [1.807, 2.05) is 48.5 Å². The molecule has 1 unspecified atom stereocenters. The highest BCUT2D eigenvalue weighted by molar-refractivity contribution is 8.00. The van der Waals surface area contributed by atoms with Crippen LogP contribution < -0.4 is 10.5 Å². The minimum atomic E-state index is -0.483. The third-order valence-corrected chi connectivity index (χ3v) is 4.41. The van der Waals surface area contributed by atoms with Crippen molar-refractivity contribution >= 4 is 28.7 Å². The first kappa shape index (κ1) is 14.5. The van der Waals surface area contributed by atoms with Crippen molar-refractivity contribution < 1.29 is 9.53 Å². The highest BCUT2D eigenvalue weighted by Crippen LogP contribution is 2.34. The monoisotopic (exact) mass is 313 g/mol. The number of rotatable bonds is 5. The number of nitrogens with two attached hydrogens (primary N) is 1. The Morgan fingerprint density at radius 1 is 1.27 bits per heavy atom. The topological polar surface area (TPSA) is 81.0 Å². The van der Waals surface area contributed by atoms with Gasteiger partial charge in [-0.15, -0.1) is 0 Å². The van der Waals surface area contributed by atoms with E-state index in [4.69, 9.17) is 10.5 Å². The number of hydrogen-bond acceptors (Lipinski definition) is 4. The molecule has 3 rings (SSSR count). The van der Waals surface area contributed by atoms with Crippen LogP contribution >= 0.6 is 11.8 Å². The number of nitrogens with one attached hydrogen (secondary N) is 1. The summed E-state index contributed by atoms with van der Waals surface area (Å²) in [5, 5.41) is 0.166. The van der Waals surface area contributed by atoms with Crippen LogP contribution in [0.3, 0.4) is 0 Å². The summed E-state index contributed by atoms with van der Waals surface area (Å²) in [5.41, 5.74) is 8.07. The molecule has 0 radical (unpaired) electrons. The van der Waals surface area contributed by atoms with Gasteiger partial charge in [0.2, 0.25) is 5.91 Å². The molecular weight excluding hydrogens is 298 g/mol. The number of aromatic amines is 1. The number of carbonyl (C=O) groups excluding carboxylic acids is 1. The summed E-state index contributed by atoms with van der Waals surface area (Å²) in [6.07, 6.45) is 0. The van der Waals surface area contributed by atoms with Gasteiger partial charge >= 0.3 is 0 Å². The van der Waals surface area contributed by atoms with Crippen molar-refractivity contribution in [3.05, 3.63) is 54.1 Å². The van der Waals surface area contributed by atoms with Crippen LogP contribution in [-0.2, 0) is 4.79 Å². The number of hydrogen-bond donors (Lipinski definition) is 2. The van der Waals surface area contributed by atoms with Crippen molar-refractivity contribution in [1.82, 2.24) is 9.97 Å². The molecule has 0 aliphatic carbocycles. The van der Waals surface area contributed by atoms with Crippen molar-refractivity contribution in [1.29, 1.82) is 0 Å². The molecule has 5 nitrogen and oxygen atoms in total. The van der Waals surface area contributed by atoms with Gasteiger partial charge in [-0.1, -0.05) is 42.1 Å². The summed E-state index contributed by atoms with van der Waals surface area (Å²) in [7, 11) is 1.62. The van der Waals surface area contributed by atoms with Gasteiger partial charge < -0.3 is 15.5 Å². The number of carbonyl (C=O) groups is 1. The third-order valence-electron chi connectivity index (χ3n) is 3.26. The molecule has 112 valence electrons. The van der Waals surface area contributed by atoms with Crippen LogP contribution in [0.1, 0.15) is 10.8 Å². The molecule has 0 fully saturated rings. The molecule has 0 spiro atoms. The SMILES string of the molecule is COc1ccc2nc(SC(C(N)=O)c3ccccc3)[nH]c2c1. The first-order chi connectivity index (χ1) is 10.7. The van der Waals surface area contributed by atoms with Gasteiger partial charge in [-0.05, 0) is 17.7 Å². The van der Waals surface area contributed by atoms with E-state index in [2.05, 4.69) is 9.97 Å². The fourth-order valence-corrected chi connectivity index (χ4v) is 3.13. The Labute approximate surface area is 131 Å². The molecule has 1 atom stereocenters. The number of benzene rings is 2. The van der Waals surface area contributed by atoms with Gasteiger partial charge in [-0.2, -0.15) is 0 Å². The molecule has 0 saturated heterocycles. The van der Waals surface area contributed by atoms with Crippen molar-refractivity contribution in [2.24, 2.45) is 5.73 Å². The lowest BCUT2D eigenvalue weighted by molar-refractivity contribution is -0.117. The number of methoxy groups -OCH3 is 1. The predicted octanol–water partition coefficient (Wildman–Crippen LogP) is 2.89. The lowest BCUT2D eigenvalue weighted by Gasteiger charge is -2.11. The molecule has 1 amide bonds. The number of imidazole rings is 1. The third kappa shape index (κ3) is 2.92. The molecule has 0 saturated carbocycles. The van der Waals surface area contributed by atoms with Crippen LogP contribution in [0.25, 0.3) is 11.0 Å². The van der Waals surface area contributed by atoms with Crippen LogP contribution in [0.15, 0.2) is 53.7 Å². The minimum absolute atomic E-state index is 0.394. The number of primary amides is 1. The number of thioether (sulfide) groups is 1. The molecule has 1 aromatic heterocycles. The molecule has 3 aromatic rings. The van der Waals surface area contributed by atoms with Crippen LogP contribution in [0, 0.1) is 0 Å². The minimum Gasteiger partial charge on any atom is -0.497 e. The Bertz CT molecular complexity index is 802. The maximum Gasteiger partial charge on any atom is 0.235 e. The van der Waals surface area contributed by atoms with E-state index in [0.717, 1.165) is 22.3 Å². The molecule has 22 heavy (non-hydrogen) atoms. The zero-order chi connectivity index (χ0) is 15.5. The Morgan fingerprint density at radius 2 is 2.05 bits per heavy atom. The van der Waals surface area contributed by atoms with E-state index < -0.39 is 11.2 Å². The summed E-state index contributed by atoms with van der Waals surface area (Å²) in [5.74, 6) is 0.358. The van der Waals surface area contributed by atoms with Gasteiger partial charge in [0, 0.05) is 6.07 Å². The normalized spacial score (nSPS) is 12.2. The van der Waals surface area contributed by atoms with Gasteiger partial charge in [0.1, 0.15) is 11.0 Å². The Morgan fingerprint density at radius 3 is 2.73 bits per heavy atom. The quantitative estimate of drug-likeness (QED) is 0.710. The van der Waals surface area contributed by atoms with Gasteiger partial charge in [0.25, 0.3) is 0 Å². The van der Waals surface area contributed by atoms with E-state index in [1.165, 1.54) is 11.8 Å². The highest BCUT2D eigenvalue weighted by atomic mass is 32.2. The molecule has 3 N–H and O–H groups in total. The van der Waals surface area contributed by atoms with Crippen LogP contribution in [0.2, 0.25) is 0 Å². The lowest BCUT2D eigenvalue weighted by Crippen LogP contribution is -2.19. The highest BCUT2D eigenvalue weighted by Gasteiger charge is 2.21. The fourth-order valence-electron chi connectivity index (χ4n) is 2.18. The maximum absolute atomic E-state index is 11.8. The van der Waals surface area contributed by atoms with Crippen LogP contribution in [0.4, 0.5) is 0 Å². The molecule has 0 aliphatic heterocycles. The second kappa shape index (κ2) is 6.11. The van der Waals surface area contributed by atoms with Gasteiger partial charge in [0.05, 0.1) is 18.1 Å². The number of amides is 1. The summed E-state index contributed by atoms with van der Waals surface area (Å²) in [6.45, 7) is 0. The molecule has 0 bridgehead atoms. The number of nitrogens with zero attached hydrogens (tertiary/aromatic N) is 1. The van der Waals surface area contributed by atoms with Crippen molar-refractivity contribution in [2.45, 2.75) is 10.4 Å². The van der Waals surface area contributed by atoms with E-state index in [9.17, 15) is 4.79 Å². The summed E-state index contributed by atoms with van der Waals surface area (Å²) < 4.78 is 5.19. The van der Waals surface area contributed by atoms with E-state index >= 15 is 0 Å². The summed E-state index contributed by atoms with van der Waals surface area (Å²) in [4.78, 5) is 19.4. The maximum atomic E-state index is 11.8. The molecular formula is C16H15N3O2S. The molecule has 1 heterocycles. The zero-order valence-electron chi connectivity index (χ0n) is 11.9. The number of aromatic nitrogens is 2. The molecule has 0 aliphatic rings. The Hall–Kier alpha value is -2.47. The van der Waals surface area contributed by atoms with Crippen LogP contribution in [-0.4, -0.2) is 23.0 Å². The second-order valence-electron chi connectivity index (χ2n) is 4.74. The van der Waals surface area contributed by atoms with Gasteiger partial charge in [-0.25, -0.2) is 4.98 Å². The second-order valence-corrected chi connectivity index (χ2v) is 5.83. The number of ether oxygens (including phenoxy) is 1. The van der Waals surface area contributed by atoms with E-state index in [0.29, 0.717) is 5.16 Å². The largest absolute Gasteiger partial charge is 0.497 e. The average Bonchev–Trinajstić information content (AvgIpc) is 2.94. The van der Waals surface area contributed by atoms with Gasteiger partial charge in [-0.3, -0.25) is 4.79 Å². The molecule has 2 aromatic carbocycles. The summed E-state index contributed by atoms with van der Waals surface area (Å²) >= 11 is 1.31. The van der Waals surface area contributed by atoms with E-state index in [1.54, 1.807) is 7.11 Å². The summed E-state index contributed by atoms with van der Waals surface area (Å²) in [6, 6.07) is 15.0. The molecule has 6 heteroatoms. The fraction of sp³-hybridized carbons (Fsp3) is 0.125. The van der Waals surface area contributed by atoms with Crippen molar-refractivity contribution in [3.8, 4) is 5.75 Å². The standard InChI is InChI=1S/C16H15N3O2S/c1-21-11-7-8-12-13(9-11)19-16(18-12)22-14(15(17)20)10-5-3-2-4-6-10/h2-9,14H,1H3,(H2,17,20)(H,18,19). The first-order valence-corrected chi connectivity index (χ1v) is 7.60. The Balaban J connectivity index is 1.91. The van der Waals surface area contributed by atoms with Crippen molar-refractivity contribution in [3.63, 3.8) is 0 Å².